The van der Waals surface area contributed by atoms with E-state index in [-0.39, 0.29) is 18.2 Å². The summed E-state index contributed by atoms with van der Waals surface area (Å²) in [5.74, 6) is -0.378. The van der Waals surface area contributed by atoms with Crippen molar-refractivity contribution in [1.82, 2.24) is 15.2 Å². The van der Waals surface area contributed by atoms with E-state index in [0.29, 0.717) is 10.7 Å². The van der Waals surface area contributed by atoms with Gasteiger partial charge in [0.25, 0.3) is 5.91 Å². The molecule has 32 heavy (non-hydrogen) atoms. The van der Waals surface area contributed by atoms with Crippen LogP contribution in [0.2, 0.25) is 0 Å². The molecule has 0 aliphatic carbocycles. The number of carbonyl (C=O) groups excluding carboxylic acids is 2. The highest BCUT2D eigenvalue weighted by Gasteiger charge is 2.20. The van der Waals surface area contributed by atoms with Crippen LogP contribution in [0.15, 0.2) is 66.0 Å². The highest BCUT2D eigenvalue weighted by molar-refractivity contribution is 7.13. The van der Waals surface area contributed by atoms with Crippen LogP contribution >= 0.6 is 11.3 Å². The molecule has 2 N–H and O–H groups in total. The smallest absolute Gasteiger partial charge is 0.251 e. The van der Waals surface area contributed by atoms with E-state index >= 15 is 0 Å². The summed E-state index contributed by atoms with van der Waals surface area (Å²) < 4.78 is 0. The Morgan fingerprint density at radius 2 is 1.66 bits per heavy atom. The van der Waals surface area contributed by atoms with E-state index in [4.69, 9.17) is 0 Å². The van der Waals surface area contributed by atoms with Crippen molar-refractivity contribution in [2.45, 2.75) is 38.3 Å². The van der Waals surface area contributed by atoms with Crippen molar-refractivity contribution in [2.75, 3.05) is 18.4 Å². The average Bonchev–Trinajstić information content (AvgIpc) is 3.26. The Labute approximate surface area is 192 Å². The Morgan fingerprint density at radius 1 is 0.969 bits per heavy atom. The molecule has 0 saturated carbocycles. The van der Waals surface area contributed by atoms with Crippen molar-refractivity contribution in [1.29, 1.82) is 0 Å². The van der Waals surface area contributed by atoms with Crippen LogP contribution in [-0.4, -0.2) is 34.8 Å². The predicted molar refractivity (Wildman–Crippen MR) is 128 cm³/mol. The average molecular weight is 449 g/mol. The number of piperidine rings is 1. The van der Waals surface area contributed by atoms with E-state index in [1.54, 1.807) is 12.1 Å². The van der Waals surface area contributed by atoms with Crippen molar-refractivity contribution in [3.8, 4) is 0 Å². The van der Waals surface area contributed by atoms with Gasteiger partial charge in [-0.1, -0.05) is 55.0 Å². The monoisotopic (exact) mass is 448 g/mol. The molecule has 1 aliphatic heterocycles. The molecule has 0 radical (unpaired) electrons. The Morgan fingerprint density at radius 3 is 2.38 bits per heavy atom. The summed E-state index contributed by atoms with van der Waals surface area (Å²) in [5.41, 5.74) is 2.44. The Kier molecular flexibility index (Phi) is 7.64. The lowest BCUT2D eigenvalue weighted by Gasteiger charge is -2.25. The van der Waals surface area contributed by atoms with Gasteiger partial charge in [-0.3, -0.25) is 14.5 Å². The van der Waals surface area contributed by atoms with Gasteiger partial charge in [0.05, 0.1) is 18.2 Å². The summed E-state index contributed by atoms with van der Waals surface area (Å²) in [5, 5.41) is 8.52. The lowest BCUT2D eigenvalue weighted by Crippen LogP contribution is -2.31. The van der Waals surface area contributed by atoms with Crippen molar-refractivity contribution in [3.63, 3.8) is 0 Å². The number of hydrogen-bond donors (Lipinski definition) is 2. The number of carbonyl (C=O) groups is 2. The molecule has 1 atom stereocenters. The van der Waals surface area contributed by atoms with Crippen LogP contribution in [0.3, 0.4) is 0 Å². The summed E-state index contributed by atoms with van der Waals surface area (Å²) in [6.45, 7) is 3.05. The van der Waals surface area contributed by atoms with Gasteiger partial charge < -0.3 is 10.6 Å². The minimum Gasteiger partial charge on any atom is -0.345 e. The molecule has 2 aromatic carbocycles. The summed E-state index contributed by atoms with van der Waals surface area (Å²) in [6, 6.07) is 18.2. The maximum absolute atomic E-state index is 12.8. The zero-order chi connectivity index (χ0) is 22.2. The van der Waals surface area contributed by atoms with Crippen LogP contribution in [0, 0.1) is 0 Å². The molecular formula is C25H28N4O2S. The van der Waals surface area contributed by atoms with Crippen LogP contribution in [0.25, 0.3) is 0 Å². The number of nitrogens with one attached hydrogen (secondary N) is 2. The van der Waals surface area contributed by atoms with E-state index < -0.39 is 6.04 Å². The Hall–Kier alpha value is -3.03. The Balaban J connectivity index is 1.38. The van der Waals surface area contributed by atoms with Crippen LogP contribution in [0.5, 0.6) is 0 Å². The molecule has 1 saturated heterocycles. The number of benzene rings is 2. The fourth-order valence-electron chi connectivity index (χ4n) is 3.91. The van der Waals surface area contributed by atoms with Gasteiger partial charge in [0.1, 0.15) is 0 Å². The van der Waals surface area contributed by atoms with Crippen molar-refractivity contribution in [2.24, 2.45) is 0 Å². The third-order valence-corrected chi connectivity index (χ3v) is 6.37. The molecule has 1 aliphatic rings. The van der Waals surface area contributed by atoms with Gasteiger partial charge >= 0.3 is 0 Å². The first-order chi connectivity index (χ1) is 15.7. The normalized spacial score (nSPS) is 15.1. The second kappa shape index (κ2) is 11.0. The first-order valence-corrected chi connectivity index (χ1v) is 11.9. The number of amides is 2. The Bertz CT molecular complexity index is 1020. The van der Waals surface area contributed by atoms with Gasteiger partial charge in [0.15, 0.2) is 5.13 Å². The molecule has 6 nitrogen and oxygen atoms in total. The van der Waals surface area contributed by atoms with Gasteiger partial charge in [0, 0.05) is 17.5 Å². The van der Waals surface area contributed by atoms with Crippen LogP contribution < -0.4 is 10.6 Å². The molecule has 2 heterocycles. The standard InChI is InChI=1S/C25H28N4O2S/c30-23(28-25-26-21(18-32-25)17-29-14-8-3-9-15-29)16-22(19-10-4-1-5-11-19)27-24(31)20-12-6-2-7-13-20/h1-2,4-7,10-13,18,22H,3,8-9,14-17H2,(H,27,31)(H,26,28,30). The topological polar surface area (TPSA) is 74.3 Å². The molecule has 1 fully saturated rings. The highest BCUT2D eigenvalue weighted by Crippen LogP contribution is 2.22. The molecule has 3 aromatic rings. The van der Waals surface area contributed by atoms with Gasteiger partial charge in [-0.2, -0.15) is 0 Å². The zero-order valence-corrected chi connectivity index (χ0v) is 18.8. The molecule has 166 valence electrons. The molecule has 7 heteroatoms. The minimum absolute atomic E-state index is 0.129. The lowest BCUT2D eigenvalue weighted by molar-refractivity contribution is -0.116. The van der Waals surface area contributed by atoms with E-state index in [2.05, 4.69) is 20.5 Å². The highest BCUT2D eigenvalue weighted by atomic mass is 32.1. The maximum atomic E-state index is 12.8. The van der Waals surface area contributed by atoms with Gasteiger partial charge in [-0.15, -0.1) is 11.3 Å². The predicted octanol–water partition coefficient (Wildman–Crippen LogP) is 4.63. The van der Waals surface area contributed by atoms with Crippen molar-refractivity contribution < 1.29 is 9.59 Å². The van der Waals surface area contributed by atoms with Gasteiger partial charge in [-0.25, -0.2) is 4.98 Å². The summed E-state index contributed by atoms with van der Waals surface area (Å²) in [6.07, 6.45) is 3.91. The number of hydrogen-bond acceptors (Lipinski definition) is 5. The second-order valence-corrected chi connectivity index (χ2v) is 8.89. The fourth-order valence-corrected chi connectivity index (χ4v) is 4.63. The first kappa shape index (κ1) is 22.2. The lowest BCUT2D eigenvalue weighted by atomic mass is 10.0. The SMILES string of the molecule is O=C(CC(NC(=O)c1ccccc1)c1ccccc1)Nc1nc(CN2CCCCC2)cs1. The van der Waals surface area contributed by atoms with Crippen LogP contribution in [-0.2, 0) is 11.3 Å². The van der Waals surface area contributed by atoms with E-state index in [9.17, 15) is 9.59 Å². The third kappa shape index (κ3) is 6.24. The molecule has 0 bridgehead atoms. The number of aromatic nitrogens is 1. The molecular weight excluding hydrogens is 420 g/mol. The molecule has 4 rings (SSSR count). The number of anilines is 1. The molecule has 1 unspecified atom stereocenters. The van der Waals surface area contributed by atoms with E-state index in [1.807, 2.05) is 53.9 Å². The molecule has 0 spiro atoms. The summed E-state index contributed by atoms with van der Waals surface area (Å²) in [7, 11) is 0. The number of rotatable bonds is 8. The third-order valence-electron chi connectivity index (χ3n) is 5.57. The van der Waals surface area contributed by atoms with E-state index in [1.165, 1.54) is 30.6 Å². The van der Waals surface area contributed by atoms with Crippen LogP contribution in [0.4, 0.5) is 5.13 Å². The number of likely N-dealkylation sites (tertiary alicyclic amines) is 1. The summed E-state index contributed by atoms with van der Waals surface area (Å²) in [4.78, 5) is 32.5. The van der Waals surface area contributed by atoms with Crippen molar-refractivity contribution in [3.05, 3.63) is 82.9 Å². The van der Waals surface area contributed by atoms with E-state index in [0.717, 1.165) is 30.9 Å². The maximum Gasteiger partial charge on any atom is 0.251 e. The largest absolute Gasteiger partial charge is 0.345 e. The molecule has 2 amide bonds. The van der Waals surface area contributed by atoms with Gasteiger partial charge in [0.2, 0.25) is 5.91 Å². The number of thiazole rings is 1. The molecule has 1 aromatic heterocycles. The quantitative estimate of drug-likeness (QED) is 0.527. The van der Waals surface area contributed by atoms with Crippen LogP contribution in [0.1, 0.15) is 53.3 Å². The first-order valence-electron chi connectivity index (χ1n) is 11.0. The van der Waals surface area contributed by atoms with Gasteiger partial charge in [-0.05, 0) is 43.6 Å². The number of nitrogens with zero attached hydrogens (tertiary/aromatic N) is 2. The minimum atomic E-state index is -0.434. The second-order valence-electron chi connectivity index (χ2n) is 8.04. The van der Waals surface area contributed by atoms with Crippen molar-refractivity contribution >= 4 is 28.3 Å². The summed E-state index contributed by atoms with van der Waals surface area (Å²) >= 11 is 1.44. The fraction of sp³-hybridized carbons (Fsp3) is 0.320. The zero-order valence-electron chi connectivity index (χ0n) is 18.0.